The summed E-state index contributed by atoms with van der Waals surface area (Å²) in [6.07, 6.45) is 6.34. The van der Waals surface area contributed by atoms with E-state index in [4.69, 9.17) is 21.1 Å². The van der Waals surface area contributed by atoms with Crippen molar-refractivity contribution in [1.29, 1.82) is 0 Å². The van der Waals surface area contributed by atoms with Crippen LogP contribution in [0.1, 0.15) is 48.6 Å². The number of nitrogens with zero attached hydrogens (tertiary/aromatic N) is 2. The van der Waals surface area contributed by atoms with E-state index in [2.05, 4.69) is 22.9 Å². The van der Waals surface area contributed by atoms with Gasteiger partial charge in [0.25, 0.3) is 0 Å². The van der Waals surface area contributed by atoms with Crippen LogP contribution in [0.4, 0.5) is 0 Å². The van der Waals surface area contributed by atoms with Crippen LogP contribution in [0.15, 0.2) is 36.5 Å². The number of pyridine rings is 1. The van der Waals surface area contributed by atoms with Crippen molar-refractivity contribution in [3.63, 3.8) is 0 Å². The first kappa shape index (κ1) is 18.4. The lowest BCUT2D eigenvalue weighted by Gasteiger charge is -2.53. The predicted octanol–water partition coefficient (Wildman–Crippen LogP) is 4.94. The van der Waals surface area contributed by atoms with Crippen LogP contribution < -0.4 is 4.74 Å². The molecule has 3 aliphatic heterocycles. The third kappa shape index (κ3) is 3.22. The summed E-state index contributed by atoms with van der Waals surface area (Å²) in [5, 5.41) is 0.756. The summed E-state index contributed by atoms with van der Waals surface area (Å²) in [4.78, 5) is 7.09. The summed E-state index contributed by atoms with van der Waals surface area (Å²) in [6, 6.07) is 10.1. The molecule has 2 saturated heterocycles. The van der Waals surface area contributed by atoms with Crippen LogP contribution in [0, 0.1) is 12.8 Å². The highest BCUT2D eigenvalue weighted by Crippen LogP contribution is 2.53. The van der Waals surface area contributed by atoms with Crippen LogP contribution in [0.5, 0.6) is 5.75 Å². The molecule has 2 aromatic rings. The molecule has 28 heavy (non-hydrogen) atoms. The molecule has 0 aliphatic carbocycles. The molecular formula is C23H27ClN2O2. The van der Waals surface area contributed by atoms with Crippen molar-refractivity contribution in [3.8, 4) is 5.75 Å². The van der Waals surface area contributed by atoms with Gasteiger partial charge in [-0.05, 0) is 49.6 Å². The molecule has 3 aliphatic rings. The highest BCUT2D eigenvalue weighted by molar-refractivity contribution is 6.30. The average molecular weight is 399 g/mol. The van der Waals surface area contributed by atoms with E-state index >= 15 is 0 Å². The van der Waals surface area contributed by atoms with Gasteiger partial charge in [-0.25, -0.2) is 0 Å². The molecule has 148 valence electrons. The Kier molecular flexibility index (Phi) is 4.82. The first-order valence-electron chi connectivity index (χ1n) is 10.4. The molecule has 0 bridgehead atoms. The molecule has 5 heteroatoms. The summed E-state index contributed by atoms with van der Waals surface area (Å²) in [7, 11) is 0. The molecule has 0 unspecified atom stereocenters. The lowest BCUT2D eigenvalue weighted by Crippen LogP contribution is -2.57. The largest absolute Gasteiger partial charge is 0.486 e. The Balaban J connectivity index is 1.37. The molecule has 1 spiro atoms. The van der Waals surface area contributed by atoms with Gasteiger partial charge in [-0.3, -0.25) is 9.88 Å². The summed E-state index contributed by atoms with van der Waals surface area (Å²) in [5.74, 6) is 1.37. The van der Waals surface area contributed by atoms with Crippen LogP contribution in [-0.4, -0.2) is 35.2 Å². The van der Waals surface area contributed by atoms with Gasteiger partial charge in [0.05, 0.1) is 11.8 Å². The summed E-state index contributed by atoms with van der Waals surface area (Å²) < 4.78 is 13.0. The van der Waals surface area contributed by atoms with Gasteiger partial charge in [0.15, 0.2) is 0 Å². The zero-order chi connectivity index (χ0) is 19.1. The van der Waals surface area contributed by atoms with Gasteiger partial charge in [0, 0.05) is 61.8 Å². The highest BCUT2D eigenvalue weighted by Gasteiger charge is 2.52. The second-order valence-corrected chi connectivity index (χ2v) is 8.87. The van der Waals surface area contributed by atoms with E-state index in [1.165, 1.54) is 11.3 Å². The number of benzene rings is 1. The van der Waals surface area contributed by atoms with E-state index < -0.39 is 0 Å². The number of hydrogen-bond acceptors (Lipinski definition) is 4. The first-order chi connectivity index (χ1) is 13.6. The minimum atomic E-state index is -0.123. The molecule has 0 radical (unpaired) electrons. The van der Waals surface area contributed by atoms with Crippen molar-refractivity contribution in [1.82, 2.24) is 9.88 Å². The second kappa shape index (κ2) is 7.33. The van der Waals surface area contributed by atoms with Crippen molar-refractivity contribution in [2.24, 2.45) is 5.92 Å². The van der Waals surface area contributed by atoms with E-state index in [1.807, 2.05) is 30.5 Å². The van der Waals surface area contributed by atoms with Crippen molar-refractivity contribution < 1.29 is 9.47 Å². The number of ether oxygens (including phenoxy) is 2. The zero-order valence-electron chi connectivity index (χ0n) is 16.4. The van der Waals surface area contributed by atoms with E-state index in [0.29, 0.717) is 5.92 Å². The van der Waals surface area contributed by atoms with E-state index in [9.17, 15) is 0 Å². The van der Waals surface area contributed by atoms with Crippen molar-refractivity contribution in [2.45, 2.75) is 50.9 Å². The maximum atomic E-state index is 6.73. The van der Waals surface area contributed by atoms with Crippen molar-refractivity contribution >= 4 is 11.6 Å². The Bertz CT molecular complexity index is 863. The molecular weight excluding hydrogens is 372 g/mol. The fourth-order valence-electron chi connectivity index (χ4n) is 5.21. The molecule has 0 amide bonds. The van der Waals surface area contributed by atoms with E-state index in [0.717, 1.165) is 68.3 Å². The van der Waals surface area contributed by atoms with Crippen LogP contribution in [-0.2, 0) is 11.3 Å². The topological polar surface area (TPSA) is 34.6 Å². The maximum absolute atomic E-state index is 6.73. The third-order valence-electron chi connectivity index (χ3n) is 6.78. The quantitative estimate of drug-likeness (QED) is 0.717. The molecule has 4 heterocycles. The van der Waals surface area contributed by atoms with E-state index in [-0.39, 0.29) is 11.7 Å². The first-order valence-corrected chi connectivity index (χ1v) is 10.8. The number of piperidine rings is 1. The van der Waals surface area contributed by atoms with E-state index in [1.54, 1.807) is 0 Å². The number of aromatic nitrogens is 1. The molecule has 5 rings (SSSR count). The van der Waals surface area contributed by atoms with Crippen molar-refractivity contribution in [2.75, 3.05) is 19.7 Å². The minimum Gasteiger partial charge on any atom is -0.486 e. The minimum absolute atomic E-state index is 0.112. The van der Waals surface area contributed by atoms with Crippen LogP contribution in [0.3, 0.4) is 0 Å². The monoisotopic (exact) mass is 398 g/mol. The summed E-state index contributed by atoms with van der Waals surface area (Å²) in [6.45, 7) is 5.95. The molecule has 2 fully saturated rings. The molecule has 4 nitrogen and oxygen atoms in total. The Labute approximate surface area is 171 Å². The standard InChI is InChI=1S/C23H27ClN2O2/c1-16-4-2-10-25-20(16)15-26-11-8-23(9-12-26)19-5-3-13-27-22(19)18-14-17(24)6-7-21(18)28-23/h2,4,6-7,10,14,19,22H,3,5,8-9,11-13,15H2,1H3/t19-,22+/m1/s1. The van der Waals surface area contributed by atoms with Gasteiger partial charge in [0.1, 0.15) is 11.4 Å². The summed E-state index contributed by atoms with van der Waals surface area (Å²) in [5.41, 5.74) is 3.46. The van der Waals surface area contributed by atoms with Gasteiger partial charge in [-0.15, -0.1) is 0 Å². The third-order valence-corrected chi connectivity index (χ3v) is 7.02. The van der Waals surface area contributed by atoms with Gasteiger partial charge in [-0.1, -0.05) is 17.7 Å². The molecule has 1 aromatic heterocycles. The Hall–Kier alpha value is -1.62. The average Bonchev–Trinajstić information content (AvgIpc) is 2.72. The second-order valence-electron chi connectivity index (χ2n) is 8.43. The van der Waals surface area contributed by atoms with Gasteiger partial charge >= 0.3 is 0 Å². The number of likely N-dealkylation sites (tertiary alicyclic amines) is 1. The maximum Gasteiger partial charge on any atom is 0.126 e. The molecule has 0 saturated carbocycles. The Morgan fingerprint density at radius 2 is 2.11 bits per heavy atom. The predicted molar refractivity (Wildman–Crippen MR) is 110 cm³/mol. The lowest BCUT2D eigenvalue weighted by molar-refractivity contribution is -0.150. The molecule has 1 aromatic carbocycles. The van der Waals surface area contributed by atoms with Crippen molar-refractivity contribution in [3.05, 3.63) is 58.4 Å². The van der Waals surface area contributed by atoms with Crippen LogP contribution >= 0.6 is 11.6 Å². The normalized spacial score (nSPS) is 26.4. The molecule has 2 atom stereocenters. The van der Waals surface area contributed by atoms with Crippen LogP contribution in [0.25, 0.3) is 0 Å². The van der Waals surface area contributed by atoms with Gasteiger partial charge < -0.3 is 9.47 Å². The Morgan fingerprint density at radius 1 is 1.25 bits per heavy atom. The van der Waals surface area contributed by atoms with Crippen LogP contribution in [0.2, 0.25) is 5.02 Å². The highest BCUT2D eigenvalue weighted by atomic mass is 35.5. The lowest BCUT2D eigenvalue weighted by atomic mass is 9.70. The van der Waals surface area contributed by atoms with Gasteiger partial charge in [-0.2, -0.15) is 0 Å². The fraction of sp³-hybridized carbons (Fsp3) is 0.522. The summed E-state index contributed by atoms with van der Waals surface area (Å²) >= 11 is 6.27. The number of aryl methyl sites for hydroxylation is 1. The number of rotatable bonds is 2. The zero-order valence-corrected chi connectivity index (χ0v) is 17.1. The van der Waals surface area contributed by atoms with Gasteiger partial charge in [0.2, 0.25) is 0 Å². The number of hydrogen-bond donors (Lipinski definition) is 0. The smallest absolute Gasteiger partial charge is 0.126 e. The number of fused-ring (bicyclic) bond motifs is 4. The number of halogens is 1. The Morgan fingerprint density at radius 3 is 2.93 bits per heavy atom. The molecule has 0 N–H and O–H groups in total. The SMILES string of the molecule is Cc1cccnc1CN1CCC2(CC1)Oc1ccc(Cl)cc1[C@@H]1OCCC[C@H]12. The fourth-order valence-corrected chi connectivity index (χ4v) is 5.39.